The van der Waals surface area contributed by atoms with Gasteiger partial charge in [-0.15, -0.1) is 0 Å². The van der Waals surface area contributed by atoms with Crippen molar-refractivity contribution in [1.82, 2.24) is 5.32 Å². The van der Waals surface area contributed by atoms with Crippen LogP contribution in [-0.4, -0.2) is 20.9 Å². The summed E-state index contributed by atoms with van der Waals surface area (Å²) in [7, 11) is 0.919. The van der Waals surface area contributed by atoms with Gasteiger partial charge in [-0.1, -0.05) is 12.8 Å². The Morgan fingerprint density at radius 2 is 2.00 bits per heavy atom. The van der Waals surface area contributed by atoms with Crippen molar-refractivity contribution >= 4 is 25.6 Å². The third kappa shape index (κ3) is 3.70. The van der Waals surface area contributed by atoms with E-state index in [0.29, 0.717) is 12.5 Å². The van der Waals surface area contributed by atoms with E-state index in [1.54, 1.807) is 0 Å². The van der Waals surface area contributed by atoms with Crippen LogP contribution in [0.5, 0.6) is 0 Å². The summed E-state index contributed by atoms with van der Waals surface area (Å²) in [5, 5.41) is 2.74. The quantitative estimate of drug-likeness (QED) is 0.868. The summed E-state index contributed by atoms with van der Waals surface area (Å²) < 4.78 is 35.7. The third-order valence-electron chi connectivity index (χ3n) is 3.48. The van der Waals surface area contributed by atoms with Gasteiger partial charge in [0.2, 0.25) is 0 Å². The molecular weight excluding hydrogens is 305 g/mol. The van der Waals surface area contributed by atoms with Crippen molar-refractivity contribution in [2.45, 2.75) is 30.6 Å². The maximum atomic E-state index is 13.4. The zero-order chi connectivity index (χ0) is 14.8. The molecule has 0 heterocycles. The Hall–Kier alpha value is -1.14. The minimum Gasteiger partial charge on any atom is -0.352 e. The number of hydrogen-bond acceptors (Lipinski definition) is 3. The van der Waals surface area contributed by atoms with E-state index in [0.717, 1.165) is 25.0 Å². The highest BCUT2D eigenvalue weighted by Gasteiger charge is 2.20. The van der Waals surface area contributed by atoms with E-state index < -0.39 is 25.7 Å². The van der Waals surface area contributed by atoms with Crippen molar-refractivity contribution in [1.29, 1.82) is 0 Å². The monoisotopic (exact) mass is 319 g/mol. The van der Waals surface area contributed by atoms with Crippen molar-refractivity contribution < 1.29 is 17.6 Å². The van der Waals surface area contributed by atoms with Crippen LogP contribution in [0.2, 0.25) is 0 Å². The SMILES string of the molecule is O=C(NCC1CCCC1)c1ccc(F)c(S(=O)(=O)Cl)c1. The molecule has 0 spiro atoms. The van der Waals surface area contributed by atoms with Crippen LogP contribution in [-0.2, 0) is 9.05 Å². The molecule has 4 nitrogen and oxygen atoms in total. The number of halogens is 2. The van der Waals surface area contributed by atoms with Gasteiger partial charge < -0.3 is 5.32 Å². The topological polar surface area (TPSA) is 63.2 Å². The lowest BCUT2D eigenvalue weighted by atomic mass is 10.1. The Balaban J connectivity index is 2.10. The molecule has 1 aromatic carbocycles. The molecule has 0 aromatic heterocycles. The highest BCUT2D eigenvalue weighted by molar-refractivity contribution is 8.13. The summed E-state index contributed by atoms with van der Waals surface area (Å²) in [6.07, 6.45) is 4.52. The van der Waals surface area contributed by atoms with E-state index >= 15 is 0 Å². The van der Waals surface area contributed by atoms with E-state index in [1.807, 2.05) is 0 Å². The molecule has 1 amide bonds. The number of rotatable bonds is 4. The number of carbonyl (C=O) groups excluding carboxylic acids is 1. The zero-order valence-corrected chi connectivity index (χ0v) is 12.3. The summed E-state index contributed by atoms with van der Waals surface area (Å²) in [5.74, 6) is -0.915. The lowest BCUT2D eigenvalue weighted by molar-refractivity contribution is 0.0947. The summed E-state index contributed by atoms with van der Waals surface area (Å²) in [6, 6.07) is 3.13. The molecule has 1 aliphatic rings. The second-order valence-electron chi connectivity index (χ2n) is 4.94. The molecule has 0 radical (unpaired) electrons. The van der Waals surface area contributed by atoms with Gasteiger partial charge in [0.05, 0.1) is 0 Å². The first-order valence-corrected chi connectivity index (χ1v) is 8.71. The smallest absolute Gasteiger partial charge is 0.264 e. The molecule has 2 rings (SSSR count). The first kappa shape index (κ1) is 15.3. The zero-order valence-electron chi connectivity index (χ0n) is 10.7. The first-order valence-electron chi connectivity index (χ1n) is 6.40. The normalized spacial score (nSPS) is 16.3. The summed E-state index contributed by atoms with van der Waals surface area (Å²) in [5.41, 5.74) is 0.0867. The van der Waals surface area contributed by atoms with E-state index in [-0.39, 0.29) is 5.56 Å². The molecule has 1 aromatic rings. The molecule has 0 unspecified atom stereocenters. The second-order valence-corrected chi connectivity index (χ2v) is 7.48. The maximum absolute atomic E-state index is 13.4. The molecule has 20 heavy (non-hydrogen) atoms. The fourth-order valence-electron chi connectivity index (χ4n) is 2.39. The van der Waals surface area contributed by atoms with Crippen molar-refractivity contribution in [3.05, 3.63) is 29.6 Å². The Labute approximate surface area is 121 Å². The lowest BCUT2D eigenvalue weighted by Gasteiger charge is -2.11. The van der Waals surface area contributed by atoms with Crippen LogP contribution in [0.25, 0.3) is 0 Å². The molecule has 1 saturated carbocycles. The van der Waals surface area contributed by atoms with Gasteiger partial charge in [0.1, 0.15) is 10.7 Å². The minimum absolute atomic E-state index is 0.0867. The molecule has 0 bridgehead atoms. The molecule has 1 aliphatic carbocycles. The van der Waals surface area contributed by atoms with Crippen molar-refractivity contribution in [3.63, 3.8) is 0 Å². The van der Waals surface area contributed by atoms with Gasteiger partial charge in [-0.05, 0) is 37.0 Å². The van der Waals surface area contributed by atoms with E-state index in [1.165, 1.54) is 18.9 Å². The fourth-order valence-corrected chi connectivity index (χ4v) is 3.31. The van der Waals surface area contributed by atoms with Crippen LogP contribution in [0.3, 0.4) is 0 Å². The number of hydrogen-bond donors (Lipinski definition) is 1. The van der Waals surface area contributed by atoms with E-state index in [4.69, 9.17) is 10.7 Å². The molecule has 0 aliphatic heterocycles. The largest absolute Gasteiger partial charge is 0.352 e. The van der Waals surface area contributed by atoms with Gasteiger partial charge in [0.25, 0.3) is 15.0 Å². The second kappa shape index (κ2) is 6.10. The average molecular weight is 320 g/mol. The Morgan fingerprint density at radius 1 is 1.35 bits per heavy atom. The molecular formula is C13H15ClFNO3S. The molecule has 1 N–H and O–H groups in total. The number of amides is 1. The van der Waals surface area contributed by atoms with Crippen LogP contribution in [0.4, 0.5) is 4.39 Å². The predicted octanol–water partition coefficient (Wildman–Crippen LogP) is 2.67. The van der Waals surface area contributed by atoms with Gasteiger partial charge in [-0.25, -0.2) is 12.8 Å². The number of carbonyl (C=O) groups is 1. The molecule has 7 heteroatoms. The Kier molecular flexibility index (Phi) is 4.65. The summed E-state index contributed by atoms with van der Waals surface area (Å²) in [6.45, 7) is 0.555. The number of nitrogens with one attached hydrogen (secondary N) is 1. The van der Waals surface area contributed by atoms with Gasteiger partial charge in [0.15, 0.2) is 0 Å². The molecule has 0 saturated heterocycles. The lowest BCUT2D eigenvalue weighted by Crippen LogP contribution is -2.28. The van der Waals surface area contributed by atoms with Crippen molar-refractivity contribution in [3.8, 4) is 0 Å². The van der Waals surface area contributed by atoms with Crippen LogP contribution < -0.4 is 5.32 Å². The minimum atomic E-state index is -4.20. The summed E-state index contributed by atoms with van der Waals surface area (Å²) >= 11 is 0. The van der Waals surface area contributed by atoms with Gasteiger partial charge in [-0.2, -0.15) is 0 Å². The number of benzene rings is 1. The highest BCUT2D eigenvalue weighted by Crippen LogP contribution is 2.24. The van der Waals surface area contributed by atoms with Crippen molar-refractivity contribution in [2.75, 3.05) is 6.54 Å². The average Bonchev–Trinajstić information content (AvgIpc) is 2.88. The van der Waals surface area contributed by atoms with E-state index in [2.05, 4.69) is 5.32 Å². The van der Waals surface area contributed by atoms with Crippen LogP contribution >= 0.6 is 10.7 Å². The molecule has 110 valence electrons. The van der Waals surface area contributed by atoms with Gasteiger partial charge in [-0.3, -0.25) is 4.79 Å². The van der Waals surface area contributed by atoms with Crippen molar-refractivity contribution in [2.24, 2.45) is 5.92 Å². The molecule has 0 atom stereocenters. The third-order valence-corrected chi connectivity index (χ3v) is 4.82. The van der Waals surface area contributed by atoms with E-state index in [9.17, 15) is 17.6 Å². The van der Waals surface area contributed by atoms with Crippen LogP contribution in [0, 0.1) is 11.7 Å². The Bertz CT molecular complexity index is 612. The Morgan fingerprint density at radius 3 is 2.60 bits per heavy atom. The maximum Gasteiger partial charge on any atom is 0.264 e. The van der Waals surface area contributed by atoms with Gasteiger partial charge >= 0.3 is 0 Å². The predicted molar refractivity (Wildman–Crippen MR) is 73.7 cm³/mol. The van der Waals surface area contributed by atoms with Crippen LogP contribution in [0.15, 0.2) is 23.1 Å². The summed E-state index contributed by atoms with van der Waals surface area (Å²) in [4.78, 5) is 11.2. The fraction of sp³-hybridized carbons (Fsp3) is 0.462. The molecule has 1 fully saturated rings. The van der Waals surface area contributed by atoms with Gasteiger partial charge in [0, 0.05) is 22.8 Å². The first-order chi connectivity index (χ1) is 9.38. The standard InChI is InChI=1S/C13H15ClFNO3S/c14-20(18,19)12-7-10(5-6-11(12)15)13(17)16-8-9-3-1-2-4-9/h5-7,9H,1-4,8H2,(H,16,17). The highest BCUT2D eigenvalue weighted by atomic mass is 35.7. The van der Waals surface area contributed by atoms with Crippen LogP contribution in [0.1, 0.15) is 36.0 Å².